The fourth-order valence-corrected chi connectivity index (χ4v) is 2.36. The van der Waals surface area contributed by atoms with E-state index >= 15 is 0 Å². The average molecular weight is 180 g/mol. The van der Waals surface area contributed by atoms with Crippen molar-refractivity contribution in [2.75, 3.05) is 0 Å². The third-order valence-electron chi connectivity index (χ3n) is 0.682. The standard InChI is InChI=1S/C5H13AsO2/c1-6(2,3)4-5(7)8/h6H,4H2,1-3H3,(H,7,8). The van der Waals surface area contributed by atoms with Crippen molar-refractivity contribution < 1.29 is 9.90 Å². The van der Waals surface area contributed by atoms with Crippen molar-refractivity contribution in [2.45, 2.75) is 22.3 Å². The van der Waals surface area contributed by atoms with Crippen molar-refractivity contribution in [3.63, 3.8) is 0 Å². The number of hydrogen-bond acceptors (Lipinski definition) is 1. The summed E-state index contributed by atoms with van der Waals surface area (Å²) in [4.78, 5) is 10.1. The summed E-state index contributed by atoms with van der Waals surface area (Å²) in [5.41, 5.74) is 6.27. The molecule has 8 heavy (non-hydrogen) atoms. The van der Waals surface area contributed by atoms with Gasteiger partial charge in [0.05, 0.1) is 0 Å². The molecular formula is C5H13AsO2. The number of carboxylic acid groups (broad SMARTS) is 1. The van der Waals surface area contributed by atoms with Crippen molar-refractivity contribution in [3.8, 4) is 0 Å². The van der Waals surface area contributed by atoms with E-state index in [1.54, 1.807) is 0 Å². The molecule has 0 unspecified atom stereocenters. The van der Waals surface area contributed by atoms with Crippen molar-refractivity contribution in [2.24, 2.45) is 0 Å². The molecular weight excluding hydrogens is 167 g/mol. The van der Waals surface area contributed by atoms with Gasteiger partial charge in [-0.25, -0.2) is 0 Å². The summed E-state index contributed by atoms with van der Waals surface area (Å²) in [7, 11) is 0. The Kier molecular flexibility index (Phi) is 2.55. The molecule has 0 atom stereocenters. The Morgan fingerprint density at radius 3 is 1.88 bits per heavy atom. The van der Waals surface area contributed by atoms with Gasteiger partial charge in [0, 0.05) is 0 Å². The summed E-state index contributed by atoms with van der Waals surface area (Å²) in [6, 6.07) is 0. The fourth-order valence-electron chi connectivity index (χ4n) is 0.454. The van der Waals surface area contributed by atoms with E-state index in [1.165, 1.54) is 0 Å². The van der Waals surface area contributed by atoms with Crippen LogP contribution >= 0.6 is 0 Å². The van der Waals surface area contributed by atoms with E-state index in [0.717, 1.165) is 0 Å². The van der Waals surface area contributed by atoms with Gasteiger partial charge in [0.1, 0.15) is 0 Å². The monoisotopic (exact) mass is 180 g/mol. The van der Waals surface area contributed by atoms with Gasteiger partial charge in [-0.05, 0) is 0 Å². The third kappa shape index (κ3) is 6.03. The van der Waals surface area contributed by atoms with Crippen LogP contribution in [0.4, 0.5) is 0 Å². The zero-order chi connectivity index (χ0) is 6.78. The van der Waals surface area contributed by atoms with Crippen LogP contribution in [-0.4, -0.2) is 24.6 Å². The van der Waals surface area contributed by atoms with Crippen LogP contribution in [0.1, 0.15) is 0 Å². The molecule has 0 saturated heterocycles. The molecule has 0 fully saturated rings. The minimum atomic E-state index is -1.75. The molecule has 0 heterocycles. The average Bonchev–Trinajstić information content (AvgIpc) is 1.21. The van der Waals surface area contributed by atoms with E-state index in [4.69, 9.17) is 5.11 Å². The molecule has 0 bridgehead atoms. The zero-order valence-corrected chi connectivity index (χ0v) is 7.66. The van der Waals surface area contributed by atoms with Crippen LogP contribution in [0, 0.1) is 0 Å². The Hall–Kier alpha value is 0.0284. The Morgan fingerprint density at radius 1 is 1.50 bits per heavy atom. The van der Waals surface area contributed by atoms with Crippen LogP contribution in [0.15, 0.2) is 0 Å². The molecule has 0 aliphatic heterocycles. The van der Waals surface area contributed by atoms with Crippen LogP contribution in [0.2, 0.25) is 22.3 Å². The predicted octanol–water partition coefficient (Wildman–Crippen LogP) is 1.14. The van der Waals surface area contributed by atoms with Crippen LogP contribution < -0.4 is 0 Å². The van der Waals surface area contributed by atoms with E-state index in [9.17, 15) is 4.79 Å². The maximum atomic E-state index is 10.1. The molecule has 0 saturated carbocycles. The quantitative estimate of drug-likeness (QED) is 0.647. The van der Waals surface area contributed by atoms with Gasteiger partial charge in [0.25, 0.3) is 0 Å². The van der Waals surface area contributed by atoms with E-state index in [1.807, 2.05) is 0 Å². The van der Waals surface area contributed by atoms with Gasteiger partial charge in [0.2, 0.25) is 0 Å². The van der Waals surface area contributed by atoms with Gasteiger partial charge in [-0.15, -0.1) is 0 Å². The number of carbonyl (C=O) groups is 1. The first-order valence-electron chi connectivity index (χ1n) is 2.63. The second kappa shape index (κ2) is 2.54. The number of carboxylic acids is 1. The second-order valence-corrected chi connectivity index (χ2v) is 14.6. The fraction of sp³-hybridized carbons (Fsp3) is 0.800. The molecule has 2 nitrogen and oxygen atoms in total. The molecule has 0 aliphatic rings. The van der Waals surface area contributed by atoms with Gasteiger partial charge in [-0.3, -0.25) is 0 Å². The van der Waals surface area contributed by atoms with Gasteiger partial charge in [-0.1, -0.05) is 0 Å². The zero-order valence-electron chi connectivity index (χ0n) is 5.56. The van der Waals surface area contributed by atoms with Crippen LogP contribution in [-0.2, 0) is 4.79 Å². The number of hydrogen-bond donors (Lipinski definition) is 1. The first-order valence-corrected chi connectivity index (χ1v) is 10.4. The predicted molar refractivity (Wildman–Crippen MR) is 37.2 cm³/mol. The van der Waals surface area contributed by atoms with Crippen molar-refractivity contribution in [1.82, 2.24) is 0 Å². The number of aliphatic carboxylic acids is 1. The molecule has 0 rings (SSSR count). The molecule has 50 valence electrons. The Bertz CT molecular complexity index is 93.1. The van der Waals surface area contributed by atoms with Crippen LogP contribution in [0.5, 0.6) is 0 Å². The third-order valence-corrected chi connectivity index (χ3v) is 3.54. The Balaban J connectivity index is 3.55. The Labute approximate surface area is 52.3 Å². The molecule has 1 N–H and O–H groups in total. The summed E-state index contributed by atoms with van der Waals surface area (Å²) in [6.07, 6.45) is 0. The number of rotatable bonds is 2. The molecule has 0 aromatic heterocycles. The molecule has 0 aromatic rings. The first kappa shape index (κ1) is 8.03. The SMILES string of the molecule is C[AsH](C)(C)CC(=O)O. The molecule has 0 aliphatic carbocycles. The molecule has 3 heteroatoms. The summed E-state index contributed by atoms with van der Waals surface area (Å²) < 4.78 is 0. The summed E-state index contributed by atoms with van der Waals surface area (Å²) in [5, 5.41) is 8.73. The van der Waals surface area contributed by atoms with Crippen molar-refractivity contribution >= 4 is 19.5 Å². The second-order valence-electron chi connectivity index (χ2n) is 3.13. The van der Waals surface area contributed by atoms with Crippen LogP contribution in [0.25, 0.3) is 0 Å². The molecule has 0 spiro atoms. The molecule has 0 radical (unpaired) electrons. The minimum absolute atomic E-state index is 0.431. The van der Waals surface area contributed by atoms with E-state index in [2.05, 4.69) is 17.1 Å². The van der Waals surface area contributed by atoms with E-state index in [0.29, 0.717) is 5.21 Å². The van der Waals surface area contributed by atoms with Gasteiger partial charge in [0.15, 0.2) is 0 Å². The Morgan fingerprint density at radius 2 is 1.88 bits per heavy atom. The summed E-state index contributed by atoms with van der Waals surface area (Å²) in [5.74, 6) is -0.641. The van der Waals surface area contributed by atoms with Crippen molar-refractivity contribution in [3.05, 3.63) is 0 Å². The van der Waals surface area contributed by atoms with Crippen LogP contribution in [0.3, 0.4) is 0 Å². The van der Waals surface area contributed by atoms with E-state index in [-0.39, 0.29) is 0 Å². The molecule has 0 amide bonds. The van der Waals surface area contributed by atoms with E-state index < -0.39 is 19.5 Å². The van der Waals surface area contributed by atoms with Gasteiger partial charge < -0.3 is 0 Å². The van der Waals surface area contributed by atoms with Crippen molar-refractivity contribution in [1.29, 1.82) is 0 Å². The van der Waals surface area contributed by atoms with Gasteiger partial charge >= 0.3 is 51.8 Å². The summed E-state index contributed by atoms with van der Waals surface area (Å²) in [6.45, 7) is 0. The normalized spacial score (nSPS) is 13.4. The first-order chi connectivity index (χ1) is 3.42. The molecule has 0 aromatic carbocycles. The maximum absolute atomic E-state index is 10.1. The summed E-state index contributed by atoms with van der Waals surface area (Å²) >= 11 is -1.75. The topological polar surface area (TPSA) is 37.3 Å². The van der Waals surface area contributed by atoms with Gasteiger partial charge in [-0.2, -0.15) is 0 Å².